The van der Waals surface area contributed by atoms with Crippen LogP contribution in [0.5, 0.6) is 0 Å². The Kier molecular flexibility index (Phi) is 4.01. The second-order valence-electron chi connectivity index (χ2n) is 4.92. The first kappa shape index (κ1) is 13.1. The molecule has 0 amide bonds. The van der Waals surface area contributed by atoms with Gasteiger partial charge in [-0.2, -0.15) is 0 Å². The van der Waals surface area contributed by atoms with E-state index < -0.39 is 11.6 Å². The molecule has 2 atom stereocenters. The van der Waals surface area contributed by atoms with Crippen molar-refractivity contribution in [3.8, 4) is 0 Å². The molecule has 2 rings (SSSR count). The highest BCUT2D eigenvalue weighted by atomic mass is 19.1. The van der Waals surface area contributed by atoms with Gasteiger partial charge >= 0.3 is 0 Å². The third-order valence-electron chi connectivity index (χ3n) is 3.43. The van der Waals surface area contributed by atoms with Crippen LogP contribution in [-0.4, -0.2) is 17.8 Å². The first-order valence-electron chi connectivity index (χ1n) is 6.22. The van der Waals surface area contributed by atoms with Gasteiger partial charge in [0.25, 0.3) is 0 Å². The van der Waals surface area contributed by atoms with Crippen LogP contribution in [-0.2, 0) is 0 Å². The molecule has 100 valence electrons. The van der Waals surface area contributed by atoms with E-state index in [2.05, 4.69) is 5.32 Å². The van der Waals surface area contributed by atoms with E-state index in [4.69, 9.17) is 5.73 Å². The molecule has 0 saturated heterocycles. The van der Waals surface area contributed by atoms with Gasteiger partial charge in [0.05, 0.1) is 17.5 Å². The fourth-order valence-corrected chi connectivity index (χ4v) is 2.43. The van der Waals surface area contributed by atoms with Crippen molar-refractivity contribution in [1.82, 2.24) is 0 Å². The normalized spacial score (nSPS) is 23.9. The summed E-state index contributed by atoms with van der Waals surface area (Å²) in [7, 11) is 0. The van der Waals surface area contributed by atoms with Crippen LogP contribution in [0.3, 0.4) is 0 Å². The van der Waals surface area contributed by atoms with E-state index in [1.807, 2.05) is 0 Å². The number of nitrogens with one attached hydrogen (secondary N) is 1. The number of halogens is 2. The summed E-state index contributed by atoms with van der Waals surface area (Å²) in [5, 5.41) is 12.5. The number of aliphatic hydroxyl groups is 1. The highest BCUT2D eigenvalue weighted by Crippen LogP contribution is 2.27. The molecule has 5 heteroatoms. The predicted octanol–water partition coefficient (Wildman–Crippen LogP) is 2.51. The first-order chi connectivity index (χ1) is 8.56. The van der Waals surface area contributed by atoms with Crippen molar-refractivity contribution < 1.29 is 13.9 Å². The standard InChI is InChI=1S/C13H18F2N2O/c14-9-5-11(15)13(16)12(6-9)17-7-8-2-1-3-10(18)4-8/h5-6,8,10,17-18H,1-4,7,16H2. The molecule has 1 aromatic rings. The Hall–Kier alpha value is -1.36. The lowest BCUT2D eigenvalue weighted by atomic mass is 9.87. The summed E-state index contributed by atoms with van der Waals surface area (Å²) >= 11 is 0. The summed E-state index contributed by atoms with van der Waals surface area (Å²) in [4.78, 5) is 0. The number of benzene rings is 1. The summed E-state index contributed by atoms with van der Waals surface area (Å²) in [5.41, 5.74) is 5.76. The lowest BCUT2D eigenvalue weighted by Gasteiger charge is -2.26. The third-order valence-corrected chi connectivity index (χ3v) is 3.43. The van der Waals surface area contributed by atoms with Crippen LogP contribution in [0.1, 0.15) is 25.7 Å². The number of nitrogen functional groups attached to an aromatic ring is 1. The molecule has 1 aliphatic rings. The molecule has 2 unspecified atom stereocenters. The van der Waals surface area contributed by atoms with Crippen molar-refractivity contribution in [1.29, 1.82) is 0 Å². The zero-order valence-electron chi connectivity index (χ0n) is 10.1. The lowest BCUT2D eigenvalue weighted by Crippen LogP contribution is -2.25. The summed E-state index contributed by atoms with van der Waals surface area (Å²) in [6.45, 7) is 0.574. The van der Waals surface area contributed by atoms with Crippen molar-refractivity contribution in [2.24, 2.45) is 5.92 Å². The molecule has 3 nitrogen and oxygen atoms in total. The molecule has 0 heterocycles. The third kappa shape index (κ3) is 3.10. The Labute approximate surface area is 105 Å². The molecule has 1 fully saturated rings. The van der Waals surface area contributed by atoms with E-state index in [0.717, 1.165) is 31.7 Å². The Morgan fingerprint density at radius 1 is 1.33 bits per heavy atom. The maximum atomic E-state index is 13.2. The number of nitrogens with two attached hydrogens (primary N) is 1. The monoisotopic (exact) mass is 256 g/mol. The van der Waals surface area contributed by atoms with Crippen molar-refractivity contribution in [3.05, 3.63) is 23.8 Å². The average Bonchev–Trinajstić information content (AvgIpc) is 2.32. The van der Waals surface area contributed by atoms with E-state index in [0.29, 0.717) is 12.5 Å². The fraction of sp³-hybridized carbons (Fsp3) is 0.538. The topological polar surface area (TPSA) is 58.3 Å². The van der Waals surface area contributed by atoms with E-state index in [9.17, 15) is 13.9 Å². The average molecular weight is 256 g/mol. The Morgan fingerprint density at radius 3 is 2.83 bits per heavy atom. The minimum atomic E-state index is -0.749. The SMILES string of the molecule is Nc1c(F)cc(F)cc1NCC1CCCC(O)C1. The molecule has 18 heavy (non-hydrogen) atoms. The summed E-state index contributed by atoms with van der Waals surface area (Å²) in [6.07, 6.45) is 3.31. The summed E-state index contributed by atoms with van der Waals surface area (Å²) < 4.78 is 26.3. The Morgan fingerprint density at radius 2 is 2.11 bits per heavy atom. The molecular weight excluding hydrogens is 238 g/mol. The summed E-state index contributed by atoms with van der Waals surface area (Å²) in [6, 6.07) is 1.96. The van der Waals surface area contributed by atoms with Gasteiger partial charge in [-0.1, -0.05) is 6.42 Å². The van der Waals surface area contributed by atoms with Crippen LogP contribution in [0.25, 0.3) is 0 Å². The quantitative estimate of drug-likeness (QED) is 0.728. The van der Waals surface area contributed by atoms with Gasteiger partial charge in [-0.25, -0.2) is 8.78 Å². The molecule has 0 radical (unpaired) electrons. The maximum Gasteiger partial charge on any atom is 0.151 e. The second kappa shape index (κ2) is 5.52. The van der Waals surface area contributed by atoms with E-state index in [1.54, 1.807) is 0 Å². The largest absolute Gasteiger partial charge is 0.395 e. The first-order valence-corrected chi connectivity index (χ1v) is 6.22. The molecule has 4 N–H and O–H groups in total. The van der Waals surface area contributed by atoms with Crippen LogP contribution in [0.2, 0.25) is 0 Å². The molecular formula is C13H18F2N2O. The molecule has 1 aliphatic carbocycles. The van der Waals surface area contributed by atoms with E-state index in [1.165, 1.54) is 6.07 Å². The van der Waals surface area contributed by atoms with Crippen LogP contribution >= 0.6 is 0 Å². The zero-order valence-corrected chi connectivity index (χ0v) is 10.1. The Balaban J connectivity index is 1.97. The molecule has 0 aliphatic heterocycles. The Bertz CT molecular complexity index is 426. The minimum absolute atomic E-state index is 0.0623. The van der Waals surface area contributed by atoms with Crippen molar-refractivity contribution in [2.75, 3.05) is 17.6 Å². The molecule has 1 aromatic carbocycles. The van der Waals surface area contributed by atoms with Gasteiger partial charge in [-0.15, -0.1) is 0 Å². The maximum absolute atomic E-state index is 13.2. The second-order valence-corrected chi connectivity index (χ2v) is 4.92. The van der Waals surface area contributed by atoms with Gasteiger partial charge in [0.15, 0.2) is 5.82 Å². The van der Waals surface area contributed by atoms with Gasteiger partial charge in [0.2, 0.25) is 0 Å². The van der Waals surface area contributed by atoms with Crippen LogP contribution in [0.15, 0.2) is 12.1 Å². The smallest absolute Gasteiger partial charge is 0.151 e. The number of hydrogen-bond donors (Lipinski definition) is 3. The number of anilines is 2. The number of aliphatic hydroxyl groups excluding tert-OH is 1. The van der Waals surface area contributed by atoms with Crippen LogP contribution < -0.4 is 11.1 Å². The van der Waals surface area contributed by atoms with Crippen molar-refractivity contribution >= 4 is 11.4 Å². The highest BCUT2D eigenvalue weighted by Gasteiger charge is 2.20. The van der Waals surface area contributed by atoms with Gasteiger partial charge in [-0.05, 0) is 31.2 Å². The van der Waals surface area contributed by atoms with Gasteiger partial charge < -0.3 is 16.2 Å². The van der Waals surface area contributed by atoms with Gasteiger partial charge in [0.1, 0.15) is 5.82 Å². The zero-order chi connectivity index (χ0) is 13.1. The van der Waals surface area contributed by atoms with E-state index >= 15 is 0 Å². The molecule has 0 bridgehead atoms. The van der Waals surface area contributed by atoms with Crippen molar-refractivity contribution in [2.45, 2.75) is 31.8 Å². The minimum Gasteiger partial charge on any atom is -0.395 e. The van der Waals surface area contributed by atoms with Crippen LogP contribution in [0, 0.1) is 17.6 Å². The predicted molar refractivity (Wildman–Crippen MR) is 67.2 cm³/mol. The number of rotatable bonds is 3. The number of hydrogen-bond acceptors (Lipinski definition) is 3. The molecule has 0 spiro atoms. The van der Waals surface area contributed by atoms with Crippen molar-refractivity contribution in [3.63, 3.8) is 0 Å². The van der Waals surface area contributed by atoms with Gasteiger partial charge in [-0.3, -0.25) is 0 Å². The van der Waals surface area contributed by atoms with Gasteiger partial charge in [0, 0.05) is 12.6 Å². The molecule has 1 saturated carbocycles. The fourth-order valence-electron chi connectivity index (χ4n) is 2.43. The van der Waals surface area contributed by atoms with E-state index in [-0.39, 0.29) is 17.5 Å². The van der Waals surface area contributed by atoms with Crippen LogP contribution in [0.4, 0.5) is 20.2 Å². The summed E-state index contributed by atoms with van der Waals surface area (Å²) in [5.74, 6) is -1.08. The molecule has 0 aromatic heterocycles. The highest BCUT2D eigenvalue weighted by molar-refractivity contribution is 5.66. The lowest BCUT2D eigenvalue weighted by molar-refractivity contribution is 0.105.